The lowest BCUT2D eigenvalue weighted by molar-refractivity contribution is 0.999. The molecule has 0 aliphatic carbocycles. The van der Waals surface area contributed by atoms with E-state index in [1.165, 1.54) is 22.3 Å². The molecule has 0 radical (unpaired) electrons. The summed E-state index contributed by atoms with van der Waals surface area (Å²) in [5.74, 6) is 0. The zero-order valence-corrected chi connectivity index (χ0v) is 20.9. The topological polar surface area (TPSA) is 37.6 Å². The number of hydrogen-bond donors (Lipinski definition) is 0. The van der Waals surface area contributed by atoms with Gasteiger partial charge in [0.15, 0.2) is 0 Å². The molecule has 1 aromatic heterocycles. The van der Waals surface area contributed by atoms with Gasteiger partial charge in [0, 0.05) is 0 Å². The number of para-hydroxylation sites is 2. The molecule has 3 nitrogen and oxygen atoms in total. The molecule has 2 aromatic carbocycles. The molecule has 1 heterocycles. The third kappa shape index (κ3) is 6.26. The SMILES string of the molecule is C=CCCc1cccc(C)c1N=C(C)c1cccc(C(C)=Nc2c(C)cccc2CCC=C)n1. The van der Waals surface area contributed by atoms with Gasteiger partial charge in [-0.15, -0.1) is 13.2 Å². The first-order valence-electron chi connectivity index (χ1n) is 11.9. The highest BCUT2D eigenvalue weighted by Gasteiger charge is 2.10. The Bertz CT molecular complexity index is 1140. The third-order valence-corrected chi connectivity index (χ3v) is 5.93. The minimum atomic E-state index is 0.863. The van der Waals surface area contributed by atoms with Crippen LogP contribution in [-0.2, 0) is 12.8 Å². The van der Waals surface area contributed by atoms with Crippen LogP contribution in [0.4, 0.5) is 11.4 Å². The van der Waals surface area contributed by atoms with Gasteiger partial charge in [-0.25, -0.2) is 4.98 Å². The Morgan fingerprint density at radius 2 is 1.12 bits per heavy atom. The van der Waals surface area contributed by atoms with Crippen molar-refractivity contribution in [2.75, 3.05) is 0 Å². The van der Waals surface area contributed by atoms with Crippen LogP contribution in [0.15, 0.2) is 89.9 Å². The fraction of sp³-hybridized carbons (Fsp3) is 0.258. The van der Waals surface area contributed by atoms with Gasteiger partial charge in [0.25, 0.3) is 0 Å². The first-order valence-corrected chi connectivity index (χ1v) is 11.9. The van der Waals surface area contributed by atoms with Crippen molar-refractivity contribution in [2.45, 2.75) is 53.4 Å². The highest BCUT2D eigenvalue weighted by atomic mass is 14.8. The maximum Gasteiger partial charge on any atom is 0.0849 e. The average molecular weight is 450 g/mol. The Labute approximate surface area is 204 Å². The monoisotopic (exact) mass is 449 g/mol. The van der Waals surface area contributed by atoms with E-state index in [2.05, 4.69) is 63.4 Å². The van der Waals surface area contributed by atoms with Crippen LogP contribution in [0.25, 0.3) is 0 Å². The van der Waals surface area contributed by atoms with Crippen LogP contribution < -0.4 is 0 Å². The summed E-state index contributed by atoms with van der Waals surface area (Å²) in [6.45, 7) is 16.0. The highest BCUT2D eigenvalue weighted by Crippen LogP contribution is 2.27. The molecule has 0 aliphatic rings. The lowest BCUT2D eigenvalue weighted by atomic mass is 10.0. The maximum absolute atomic E-state index is 5.00. The number of hydrogen-bond acceptors (Lipinski definition) is 3. The van der Waals surface area contributed by atoms with E-state index < -0.39 is 0 Å². The van der Waals surface area contributed by atoms with Crippen molar-refractivity contribution in [1.29, 1.82) is 0 Å². The number of pyridine rings is 1. The molecule has 0 unspecified atom stereocenters. The molecule has 174 valence electrons. The van der Waals surface area contributed by atoms with Crippen molar-refractivity contribution in [3.8, 4) is 0 Å². The van der Waals surface area contributed by atoms with E-state index >= 15 is 0 Å². The summed E-state index contributed by atoms with van der Waals surface area (Å²) in [6.07, 6.45) is 7.63. The van der Waals surface area contributed by atoms with Gasteiger partial charge in [-0.05, 0) is 87.8 Å². The Morgan fingerprint density at radius 3 is 1.53 bits per heavy atom. The van der Waals surface area contributed by atoms with Crippen molar-refractivity contribution in [3.05, 3.63) is 114 Å². The Morgan fingerprint density at radius 1 is 0.706 bits per heavy atom. The fourth-order valence-corrected chi connectivity index (χ4v) is 3.97. The molecule has 0 spiro atoms. The maximum atomic E-state index is 5.00. The summed E-state index contributed by atoms with van der Waals surface area (Å²) in [5, 5.41) is 0. The van der Waals surface area contributed by atoms with Crippen molar-refractivity contribution in [2.24, 2.45) is 9.98 Å². The number of allylic oxidation sites excluding steroid dienone is 2. The van der Waals surface area contributed by atoms with Gasteiger partial charge in [0.1, 0.15) is 0 Å². The van der Waals surface area contributed by atoms with Crippen molar-refractivity contribution in [1.82, 2.24) is 4.98 Å². The average Bonchev–Trinajstić information content (AvgIpc) is 2.84. The Kier molecular flexibility index (Phi) is 8.86. The second-order valence-corrected chi connectivity index (χ2v) is 8.62. The molecule has 3 rings (SSSR count). The number of nitrogens with zero attached hydrogens (tertiary/aromatic N) is 3. The number of benzene rings is 2. The summed E-state index contributed by atoms with van der Waals surface area (Å²) in [6, 6.07) is 18.8. The largest absolute Gasteiger partial charge is 0.251 e. The molecule has 0 amide bonds. The standard InChI is InChI=1S/C31H35N3/c1-7-9-16-26-18-11-14-22(3)30(26)32-24(5)28-20-13-21-29(34-28)25(6)33-31-23(4)15-12-19-27(31)17-10-8-2/h7-8,11-15,18-21H,1-2,9-10,16-17H2,3-6H3. The van der Waals surface area contributed by atoms with Crippen LogP contribution in [0.5, 0.6) is 0 Å². The molecule has 3 heteroatoms. The van der Waals surface area contributed by atoms with E-state index in [0.717, 1.165) is 59.9 Å². The van der Waals surface area contributed by atoms with Crippen LogP contribution in [0.2, 0.25) is 0 Å². The van der Waals surface area contributed by atoms with E-state index in [4.69, 9.17) is 15.0 Å². The second kappa shape index (κ2) is 12.0. The number of rotatable bonds is 10. The van der Waals surface area contributed by atoms with E-state index in [9.17, 15) is 0 Å². The van der Waals surface area contributed by atoms with Gasteiger partial charge in [-0.3, -0.25) is 9.98 Å². The van der Waals surface area contributed by atoms with E-state index in [-0.39, 0.29) is 0 Å². The van der Waals surface area contributed by atoms with Gasteiger partial charge in [0.05, 0.1) is 34.2 Å². The van der Waals surface area contributed by atoms with Gasteiger partial charge >= 0.3 is 0 Å². The van der Waals surface area contributed by atoms with Gasteiger partial charge in [-0.1, -0.05) is 54.6 Å². The summed E-state index contributed by atoms with van der Waals surface area (Å²) in [5.41, 5.74) is 10.4. The van der Waals surface area contributed by atoms with E-state index in [0.29, 0.717) is 0 Å². The summed E-state index contributed by atoms with van der Waals surface area (Å²) < 4.78 is 0. The normalized spacial score (nSPS) is 12.0. The van der Waals surface area contributed by atoms with Crippen molar-refractivity contribution < 1.29 is 0 Å². The number of aromatic nitrogens is 1. The molecular weight excluding hydrogens is 414 g/mol. The van der Waals surface area contributed by atoms with Crippen LogP contribution in [0.1, 0.15) is 60.3 Å². The third-order valence-electron chi connectivity index (χ3n) is 5.93. The minimum Gasteiger partial charge on any atom is -0.251 e. The van der Waals surface area contributed by atoms with Crippen LogP contribution in [0, 0.1) is 13.8 Å². The lowest BCUT2D eigenvalue weighted by Crippen LogP contribution is -2.05. The van der Waals surface area contributed by atoms with Crippen LogP contribution in [0.3, 0.4) is 0 Å². The Hall–Kier alpha value is -3.59. The van der Waals surface area contributed by atoms with Crippen LogP contribution in [-0.4, -0.2) is 16.4 Å². The Balaban J connectivity index is 1.96. The predicted molar refractivity (Wildman–Crippen MR) is 147 cm³/mol. The lowest BCUT2D eigenvalue weighted by Gasteiger charge is -2.11. The summed E-state index contributed by atoms with van der Waals surface area (Å²) in [4.78, 5) is 14.9. The number of aryl methyl sites for hydroxylation is 4. The number of aliphatic imine (C=N–C) groups is 2. The second-order valence-electron chi connectivity index (χ2n) is 8.62. The van der Waals surface area contributed by atoms with Crippen LogP contribution >= 0.6 is 0 Å². The summed E-state index contributed by atoms with van der Waals surface area (Å²) in [7, 11) is 0. The first-order chi connectivity index (χ1) is 16.4. The molecule has 0 saturated carbocycles. The fourth-order valence-electron chi connectivity index (χ4n) is 3.97. The van der Waals surface area contributed by atoms with Crippen molar-refractivity contribution in [3.63, 3.8) is 0 Å². The molecule has 0 N–H and O–H groups in total. The molecule has 3 aromatic rings. The first kappa shape index (κ1) is 25.0. The zero-order chi connectivity index (χ0) is 24.5. The van der Waals surface area contributed by atoms with Gasteiger partial charge in [0.2, 0.25) is 0 Å². The summed E-state index contributed by atoms with van der Waals surface area (Å²) >= 11 is 0. The zero-order valence-electron chi connectivity index (χ0n) is 20.9. The quantitative estimate of drug-likeness (QED) is 0.227. The molecule has 0 atom stereocenters. The molecule has 0 bridgehead atoms. The minimum absolute atomic E-state index is 0.863. The van der Waals surface area contributed by atoms with Gasteiger partial charge < -0.3 is 0 Å². The molecule has 0 fully saturated rings. The van der Waals surface area contributed by atoms with E-state index in [1.807, 2.05) is 44.2 Å². The molecular formula is C31H35N3. The van der Waals surface area contributed by atoms with E-state index in [1.54, 1.807) is 0 Å². The highest BCUT2D eigenvalue weighted by molar-refractivity contribution is 6.02. The smallest absolute Gasteiger partial charge is 0.0849 e. The predicted octanol–water partition coefficient (Wildman–Crippen LogP) is 8.22. The molecule has 0 saturated heterocycles. The van der Waals surface area contributed by atoms with Crippen molar-refractivity contribution >= 4 is 22.8 Å². The molecule has 34 heavy (non-hydrogen) atoms. The molecule has 0 aliphatic heterocycles. The van der Waals surface area contributed by atoms with Gasteiger partial charge in [-0.2, -0.15) is 0 Å².